The quantitative estimate of drug-likeness (QED) is 0.315. The van der Waals surface area contributed by atoms with Gasteiger partial charge in [-0.3, -0.25) is 0 Å². The highest BCUT2D eigenvalue weighted by Gasteiger charge is 2.19. The van der Waals surface area contributed by atoms with Gasteiger partial charge in [0.15, 0.2) is 5.75 Å². The van der Waals surface area contributed by atoms with E-state index < -0.39 is 26.3 Å². The molecule has 2 amide bonds. The smallest absolute Gasteiger partial charge is 0.339 e. The van der Waals surface area contributed by atoms with Crippen molar-refractivity contribution in [2.45, 2.75) is 9.79 Å². The summed E-state index contributed by atoms with van der Waals surface area (Å²) in [5.74, 6) is -0.0862. The van der Waals surface area contributed by atoms with E-state index >= 15 is 0 Å². The maximum Gasteiger partial charge on any atom is 0.339 e. The molecule has 0 saturated carbocycles. The minimum atomic E-state index is -4.12. The lowest BCUT2D eigenvalue weighted by Gasteiger charge is -2.13. The number of nitrogens with one attached hydrogen (secondary N) is 2. The number of carbonyl (C=O) groups is 1. The molecule has 0 aliphatic heterocycles. The monoisotopic (exact) mass is 524 g/mol. The topological polar surface area (TPSA) is 128 Å². The number of carbonyl (C=O) groups excluding carboxylic acids is 1. The zero-order valence-electron chi connectivity index (χ0n) is 18.6. The Kier molecular flexibility index (Phi) is 7.23. The van der Waals surface area contributed by atoms with Crippen molar-refractivity contribution in [3.63, 3.8) is 0 Å². The van der Waals surface area contributed by atoms with Gasteiger partial charge in [0.1, 0.15) is 15.5 Å². The van der Waals surface area contributed by atoms with Gasteiger partial charge in [-0.25, -0.2) is 4.79 Å². The van der Waals surface area contributed by atoms with Gasteiger partial charge in [0.25, 0.3) is 0 Å². The second-order valence-electron chi connectivity index (χ2n) is 7.30. The standard InChI is InChI=1S/C25H20N2O7S2/c28-25(26-19-10-9-11-20(18-19)33-35(29,30)21-12-3-1-4-13-21)27-23-16-7-8-17-24(23)34-36(31,32)22-14-5-2-6-15-22/h1-18H,(H2,26,27,28). The molecule has 184 valence electrons. The van der Waals surface area contributed by atoms with E-state index in [1.54, 1.807) is 48.5 Å². The molecule has 0 saturated heterocycles. The molecule has 0 aromatic heterocycles. The number of hydrogen-bond acceptors (Lipinski definition) is 7. The van der Waals surface area contributed by atoms with E-state index in [1.165, 1.54) is 60.7 Å². The van der Waals surface area contributed by atoms with Gasteiger partial charge in [0, 0.05) is 11.8 Å². The van der Waals surface area contributed by atoms with Crippen molar-refractivity contribution in [3.8, 4) is 11.5 Å². The lowest BCUT2D eigenvalue weighted by Crippen LogP contribution is -2.20. The van der Waals surface area contributed by atoms with E-state index in [4.69, 9.17) is 8.37 Å². The van der Waals surface area contributed by atoms with Crippen LogP contribution in [0.15, 0.2) is 119 Å². The van der Waals surface area contributed by atoms with Crippen LogP contribution in [0, 0.1) is 0 Å². The highest BCUT2D eigenvalue weighted by molar-refractivity contribution is 7.87. The van der Waals surface area contributed by atoms with Gasteiger partial charge in [-0.05, 0) is 48.5 Å². The second-order valence-corrected chi connectivity index (χ2v) is 10.4. The average Bonchev–Trinajstić information content (AvgIpc) is 2.86. The molecule has 11 heteroatoms. The third-order valence-corrected chi connectivity index (χ3v) is 7.21. The second kappa shape index (κ2) is 10.5. The maximum absolute atomic E-state index is 12.6. The number of rotatable bonds is 8. The number of para-hydroxylation sites is 2. The van der Waals surface area contributed by atoms with Crippen molar-refractivity contribution in [1.29, 1.82) is 0 Å². The summed E-state index contributed by atoms with van der Waals surface area (Å²) < 4.78 is 60.4. The molecule has 4 aromatic rings. The molecule has 0 bridgehead atoms. The number of amides is 2. The molecule has 0 aliphatic carbocycles. The van der Waals surface area contributed by atoms with Crippen LogP contribution in [-0.2, 0) is 20.2 Å². The third kappa shape index (κ3) is 6.20. The summed E-state index contributed by atoms with van der Waals surface area (Å²) in [6, 6.07) is 26.4. The Labute approximate surface area is 208 Å². The number of anilines is 2. The van der Waals surface area contributed by atoms with Crippen molar-refractivity contribution in [2.24, 2.45) is 0 Å². The Morgan fingerprint density at radius 2 is 1.14 bits per heavy atom. The van der Waals surface area contributed by atoms with Crippen LogP contribution in [0.4, 0.5) is 16.2 Å². The average molecular weight is 525 g/mol. The van der Waals surface area contributed by atoms with Crippen LogP contribution in [0.3, 0.4) is 0 Å². The van der Waals surface area contributed by atoms with Crippen LogP contribution in [0.25, 0.3) is 0 Å². The van der Waals surface area contributed by atoms with Gasteiger partial charge in [-0.1, -0.05) is 54.6 Å². The Balaban J connectivity index is 1.46. The summed E-state index contributed by atoms with van der Waals surface area (Å²) in [6.07, 6.45) is 0. The molecule has 0 radical (unpaired) electrons. The summed E-state index contributed by atoms with van der Waals surface area (Å²) in [6.45, 7) is 0. The van der Waals surface area contributed by atoms with E-state index in [-0.39, 0.29) is 32.7 Å². The summed E-state index contributed by atoms with van der Waals surface area (Å²) in [7, 11) is -8.18. The van der Waals surface area contributed by atoms with Crippen molar-refractivity contribution in [1.82, 2.24) is 0 Å². The number of benzene rings is 4. The van der Waals surface area contributed by atoms with Crippen LogP contribution < -0.4 is 19.0 Å². The molecular weight excluding hydrogens is 504 g/mol. The summed E-state index contributed by atoms with van der Waals surface area (Å²) in [5, 5.41) is 5.08. The van der Waals surface area contributed by atoms with Gasteiger partial charge in [-0.15, -0.1) is 0 Å². The molecular formula is C25H20N2O7S2. The fourth-order valence-electron chi connectivity index (χ4n) is 3.07. The summed E-state index contributed by atoms with van der Waals surface area (Å²) in [4.78, 5) is 12.6. The first-order valence-electron chi connectivity index (χ1n) is 10.5. The third-order valence-electron chi connectivity index (χ3n) is 4.70. The van der Waals surface area contributed by atoms with Crippen molar-refractivity contribution < 1.29 is 30.0 Å². The van der Waals surface area contributed by atoms with Gasteiger partial charge in [0.2, 0.25) is 0 Å². The lowest BCUT2D eigenvalue weighted by molar-refractivity contribution is 0.262. The van der Waals surface area contributed by atoms with Crippen molar-refractivity contribution in [3.05, 3.63) is 109 Å². The van der Waals surface area contributed by atoms with Crippen LogP contribution in [0.2, 0.25) is 0 Å². The molecule has 0 heterocycles. The predicted octanol–water partition coefficient (Wildman–Crippen LogP) is 4.87. The Morgan fingerprint density at radius 3 is 1.78 bits per heavy atom. The van der Waals surface area contributed by atoms with E-state index in [0.717, 1.165) is 0 Å². The molecule has 2 N–H and O–H groups in total. The Hall–Kier alpha value is -4.35. The molecule has 0 aliphatic rings. The first-order chi connectivity index (χ1) is 17.2. The molecule has 0 atom stereocenters. The molecule has 4 rings (SSSR count). The normalized spacial score (nSPS) is 11.3. The fourth-order valence-corrected chi connectivity index (χ4v) is 4.98. The van der Waals surface area contributed by atoms with E-state index in [0.29, 0.717) is 0 Å². The van der Waals surface area contributed by atoms with E-state index in [2.05, 4.69) is 10.6 Å². The van der Waals surface area contributed by atoms with E-state index in [9.17, 15) is 21.6 Å². The zero-order chi connectivity index (χ0) is 25.6. The Morgan fingerprint density at radius 1 is 0.583 bits per heavy atom. The first kappa shape index (κ1) is 24.8. The van der Waals surface area contributed by atoms with Crippen LogP contribution in [-0.4, -0.2) is 22.9 Å². The maximum atomic E-state index is 12.6. The zero-order valence-corrected chi connectivity index (χ0v) is 20.2. The van der Waals surface area contributed by atoms with Crippen molar-refractivity contribution in [2.75, 3.05) is 10.6 Å². The highest BCUT2D eigenvalue weighted by Crippen LogP contribution is 2.28. The largest absolute Gasteiger partial charge is 0.379 e. The van der Waals surface area contributed by atoms with Crippen LogP contribution in [0.5, 0.6) is 11.5 Å². The molecule has 0 unspecified atom stereocenters. The molecule has 4 aromatic carbocycles. The molecule has 0 spiro atoms. The first-order valence-corrected chi connectivity index (χ1v) is 13.3. The predicted molar refractivity (Wildman–Crippen MR) is 134 cm³/mol. The Bertz CT molecular complexity index is 1580. The molecule has 36 heavy (non-hydrogen) atoms. The lowest BCUT2D eigenvalue weighted by atomic mass is 10.3. The summed E-state index contributed by atoms with van der Waals surface area (Å²) in [5.41, 5.74) is 0.345. The minimum absolute atomic E-state index is 0.00524. The van der Waals surface area contributed by atoms with Gasteiger partial charge in [-0.2, -0.15) is 16.8 Å². The highest BCUT2D eigenvalue weighted by atomic mass is 32.2. The van der Waals surface area contributed by atoms with Gasteiger partial charge < -0.3 is 19.0 Å². The van der Waals surface area contributed by atoms with Gasteiger partial charge >= 0.3 is 26.3 Å². The SMILES string of the molecule is O=C(Nc1cccc(OS(=O)(=O)c2ccccc2)c1)Nc1ccccc1OS(=O)(=O)c1ccccc1. The number of hydrogen-bond donors (Lipinski definition) is 2. The number of urea groups is 1. The van der Waals surface area contributed by atoms with Gasteiger partial charge in [0.05, 0.1) is 5.69 Å². The van der Waals surface area contributed by atoms with Crippen molar-refractivity contribution >= 4 is 37.6 Å². The van der Waals surface area contributed by atoms with E-state index in [1.807, 2.05) is 0 Å². The van der Waals surface area contributed by atoms with Crippen LogP contribution >= 0.6 is 0 Å². The fraction of sp³-hybridized carbons (Fsp3) is 0. The molecule has 9 nitrogen and oxygen atoms in total. The van der Waals surface area contributed by atoms with Crippen LogP contribution in [0.1, 0.15) is 0 Å². The summed E-state index contributed by atoms with van der Waals surface area (Å²) >= 11 is 0. The minimum Gasteiger partial charge on any atom is -0.379 e. The molecule has 0 fully saturated rings.